The van der Waals surface area contributed by atoms with Crippen LogP contribution in [0, 0.1) is 6.92 Å². The van der Waals surface area contributed by atoms with Crippen molar-refractivity contribution in [3.8, 4) is 0 Å². The quantitative estimate of drug-likeness (QED) is 0.873. The Morgan fingerprint density at radius 2 is 2.21 bits per heavy atom. The Kier molecular flexibility index (Phi) is 5.43. The summed E-state index contributed by atoms with van der Waals surface area (Å²) in [6.07, 6.45) is 4.97. The molecular formula is C19H20BrN3O. The molecule has 0 fully saturated rings. The summed E-state index contributed by atoms with van der Waals surface area (Å²) in [5, 5.41) is 3.00. The SMILES string of the molecule is Cc1cc(C(=O)NCN2CC=C(c3ccccn3)CC2)ccc1Br. The summed E-state index contributed by atoms with van der Waals surface area (Å²) >= 11 is 3.45. The number of carbonyl (C=O) groups excluding carboxylic acids is 1. The third-order valence-corrected chi connectivity index (χ3v) is 5.06. The molecule has 0 radical (unpaired) electrons. The van der Waals surface area contributed by atoms with Gasteiger partial charge in [-0.05, 0) is 54.8 Å². The summed E-state index contributed by atoms with van der Waals surface area (Å²) in [6, 6.07) is 11.6. The third kappa shape index (κ3) is 4.10. The van der Waals surface area contributed by atoms with Gasteiger partial charge in [-0.25, -0.2) is 0 Å². The highest BCUT2D eigenvalue weighted by molar-refractivity contribution is 9.10. The van der Waals surface area contributed by atoms with Crippen molar-refractivity contribution in [3.63, 3.8) is 0 Å². The summed E-state index contributed by atoms with van der Waals surface area (Å²) in [4.78, 5) is 18.9. The van der Waals surface area contributed by atoms with E-state index in [9.17, 15) is 4.79 Å². The Hall–Kier alpha value is -1.98. The lowest BCUT2D eigenvalue weighted by Gasteiger charge is -2.26. The fourth-order valence-electron chi connectivity index (χ4n) is 2.71. The average Bonchev–Trinajstić information content (AvgIpc) is 2.63. The smallest absolute Gasteiger partial charge is 0.252 e. The van der Waals surface area contributed by atoms with Gasteiger partial charge in [-0.3, -0.25) is 14.7 Å². The molecule has 0 aliphatic carbocycles. The van der Waals surface area contributed by atoms with Crippen LogP contribution in [0.4, 0.5) is 0 Å². The Labute approximate surface area is 150 Å². The zero-order valence-electron chi connectivity index (χ0n) is 13.6. The number of hydrogen-bond acceptors (Lipinski definition) is 3. The number of hydrogen-bond donors (Lipinski definition) is 1. The van der Waals surface area contributed by atoms with Gasteiger partial charge >= 0.3 is 0 Å². The molecule has 5 heteroatoms. The number of pyridine rings is 1. The monoisotopic (exact) mass is 385 g/mol. The highest BCUT2D eigenvalue weighted by Gasteiger charge is 2.14. The Balaban J connectivity index is 1.54. The van der Waals surface area contributed by atoms with E-state index in [1.165, 1.54) is 5.57 Å². The van der Waals surface area contributed by atoms with Gasteiger partial charge in [0, 0.05) is 29.3 Å². The number of nitrogens with one attached hydrogen (secondary N) is 1. The van der Waals surface area contributed by atoms with Crippen molar-refractivity contribution in [2.75, 3.05) is 19.8 Å². The van der Waals surface area contributed by atoms with E-state index in [0.717, 1.165) is 35.2 Å². The van der Waals surface area contributed by atoms with E-state index in [2.05, 4.69) is 37.2 Å². The van der Waals surface area contributed by atoms with E-state index in [1.807, 2.05) is 49.5 Å². The van der Waals surface area contributed by atoms with Crippen LogP contribution in [0.3, 0.4) is 0 Å². The molecule has 1 N–H and O–H groups in total. The molecule has 24 heavy (non-hydrogen) atoms. The second-order valence-corrected chi connectivity index (χ2v) is 6.75. The number of aromatic nitrogens is 1. The van der Waals surface area contributed by atoms with Gasteiger partial charge in [0.25, 0.3) is 5.91 Å². The van der Waals surface area contributed by atoms with Crippen LogP contribution in [0.2, 0.25) is 0 Å². The molecule has 0 spiro atoms. The second-order valence-electron chi connectivity index (χ2n) is 5.90. The van der Waals surface area contributed by atoms with Crippen molar-refractivity contribution >= 4 is 27.4 Å². The molecule has 1 aliphatic heterocycles. The Bertz CT molecular complexity index is 758. The van der Waals surface area contributed by atoms with E-state index in [0.29, 0.717) is 12.2 Å². The van der Waals surface area contributed by atoms with E-state index >= 15 is 0 Å². The summed E-state index contributed by atoms with van der Waals surface area (Å²) in [5.74, 6) is -0.0369. The minimum atomic E-state index is -0.0369. The van der Waals surface area contributed by atoms with Gasteiger partial charge in [-0.2, -0.15) is 0 Å². The first-order valence-electron chi connectivity index (χ1n) is 8.00. The topological polar surface area (TPSA) is 45.2 Å². The molecule has 2 heterocycles. The molecule has 1 amide bonds. The highest BCUT2D eigenvalue weighted by atomic mass is 79.9. The first kappa shape index (κ1) is 16.9. The lowest BCUT2D eigenvalue weighted by Crippen LogP contribution is -2.39. The van der Waals surface area contributed by atoms with Crippen molar-refractivity contribution in [3.05, 3.63) is 70.0 Å². The third-order valence-electron chi connectivity index (χ3n) is 4.17. The first-order valence-corrected chi connectivity index (χ1v) is 8.80. The van der Waals surface area contributed by atoms with Crippen molar-refractivity contribution in [2.24, 2.45) is 0 Å². The predicted octanol–water partition coefficient (Wildman–Crippen LogP) is 3.63. The van der Waals surface area contributed by atoms with Gasteiger partial charge in [-0.1, -0.05) is 28.1 Å². The van der Waals surface area contributed by atoms with Crippen molar-refractivity contribution < 1.29 is 4.79 Å². The van der Waals surface area contributed by atoms with Crippen LogP contribution in [0.25, 0.3) is 5.57 Å². The van der Waals surface area contributed by atoms with Gasteiger partial charge in [0.15, 0.2) is 0 Å². The largest absolute Gasteiger partial charge is 0.339 e. The van der Waals surface area contributed by atoms with Gasteiger partial charge in [0.2, 0.25) is 0 Å². The van der Waals surface area contributed by atoms with Gasteiger partial charge in [0.05, 0.1) is 12.4 Å². The number of rotatable bonds is 4. The molecule has 1 aromatic heterocycles. The van der Waals surface area contributed by atoms with Crippen LogP contribution in [-0.4, -0.2) is 35.5 Å². The standard InChI is InChI=1S/C19H20BrN3O/c1-14-12-16(5-6-17(14)20)19(24)22-13-23-10-7-15(8-11-23)18-4-2-3-9-21-18/h2-7,9,12H,8,10-11,13H2,1H3,(H,22,24). The van der Waals surface area contributed by atoms with Crippen molar-refractivity contribution in [1.29, 1.82) is 0 Å². The first-order chi connectivity index (χ1) is 11.6. The van der Waals surface area contributed by atoms with Crippen LogP contribution < -0.4 is 5.32 Å². The van der Waals surface area contributed by atoms with Gasteiger partial charge in [0.1, 0.15) is 0 Å². The van der Waals surface area contributed by atoms with E-state index in [1.54, 1.807) is 0 Å². The molecule has 0 unspecified atom stereocenters. The highest BCUT2D eigenvalue weighted by Crippen LogP contribution is 2.20. The maximum absolute atomic E-state index is 12.3. The molecule has 0 atom stereocenters. The second kappa shape index (κ2) is 7.73. The number of halogens is 1. The lowest BCUT2D eigenvalue weighted by atomic mass is 10.0. The van der Waals surface area contributed by atoms with Crippen LogP contribution in [-0.2, 0) is 0 Å². The Morgan fingerprint density at radius 1 is 1.33 bits per heavy atom. The number of amides is 1. The number of aryl methyl sites for hydroxylation is 1. The van der Waals surface area contributed by atoms with Crippen molar-refractivity contribution in [2.45, 2.75) is 13.3 Å². The van der Waals surface area contributed by atoms with Crippen LogP contribution in [0.5, 0.6) is 0 Å². The number of nitrogens with zero attached hydrogens (tertiary/aromatic N) is 2. The summed E-state index contributed by atoms with van der Waals surface area (Å²) in [7, 11) is 0. The van der Waals surface area contributed by atoms with Crippen LogP contribution in [0.1, 0.15) is 28.0 Å². The maximum atomic E-state index is 12.3. The zero-order chi connectivity index (χ0) is 16.9. The molecule has 1 aliphatic rings. The summed E-state index contributed by atoms with van der Waals surface area (Å²) < 4.78 is 1.02. The molecule has 0 bridgehead atoms. The molecular weight excluding hydrogens is 366 g/mol. The summed E-state index contributed by atoms with van der Waals surface area (Å²) in [6.45, 7) is 4.28. The van der Waals surface area contributed by atoms with E-state index in [4.69, 9.17) is 0 Å². The maximum Gasteiger partial charge on any atom is 0.252 e. The molecule has 1 aromatic carbocycles. The molecule has 0 saturated carbocycles. The molecule has 3 rings (SSSR count). The average molecular weight is 386 g/mol. The molecule has 4 nitrogen and oxygen atoms in total. The lowest BCUT2D eigenvalue weighted by molar-refractivity contribution is 0.0926. The minimum absolute atomic E-state index is 0.0369. The normalized spacial score (nSPS) is 15.0. The van der Waals surface area contributed by atoms with Crippen LogP contribution >= 0.6 is 15.9 Å². The number of benzene rings is 1. The predicted molar refractivity (Wildman–Crippen MR) is 99.6 cm³/mol. The molecule has 2 aromatic rings. The zero-order valence-corrected chi connectivity index (χ0v) is 15.2. The van der Waals surface area contributed by atoms with E-state index < -0.39 is 0 Å². The van der Waals surface area contributed by atoms with Crippen molar-refractivity contribution in [1.82, 2.24) is 15.2 Å². The Morgan fingerprint density at radius 3 is 2.88 bits per heavy atom. The fraction of sp³-hybridized carbons (Fsp3) is 0.263. The number of carbonyl (C=O) groups is 1. The van der Waals surface area contributed by atoms with E-state index in [-0.39, 0.29) is 5.91 Å². The molecule has 0 saturated heterocycles. The van der Waals surface area contributed by atoms with Gasteiger partial charge < -0.3 is 5.32 Å². The summed E-state index contributed by atoms with van der Waals surface area (Å²) in [5.41, 5.74) is 4.08. The minimum Gasteiger partial charge on any atom is -0.339 e. The molecule has 124 valence electrons. The van der Waals surface area contributed by atoms with Gasteiger partial charge in [-0.15, -0.1) is 0 Å². The fourth-order valence-corrected chi connectivity index (χ4v) is 2.96. The van der Waals surface area contributed by atoms with Crippen LogP contribution in [0.15, 0.2) is 53.1 Å².